The fraction of sp³-hybridized carbons (Fsp3) is 0.0909. The van der Waals surface area contributed by atoms with Gasteiger partial charge >= 0.3 is 0 Å². The summed E-state index contributed by atoms with van der Waals surface area (Å²) in [6.45, 7) is 2.04. The fourth-order valence-corrected chi connectivity index (χ4v) is 1.43. The van der Waals surface area contributed by atoms with Gasteiger partial charge in [-0.05, 0) is 18.6 Å². The van der Waals surface area contributed by atoms with E-state index in [2.05, 4.69) is 17.0 Å². The number of aromatic nitrogens is 1. The van der Waals surface area contributed by atoms with Crippen molar-refractivity contribution in [3.8, 4) is 12.3 Å². The van der Waals surface area contributed by atoms with E-state index in [-0.39, 0.29) is 0 Å². The van der Waals surface area contributed by atoms with Crippen LogP contribution in [-0.2, 0) is 0 Å². The van der Waals surface area contributed by atoms with Gasteiger partial charge in [0, 0.05) is 10.9 Å². The molecule has 0 fully saturated rings. The zero-order chi connectivity index (χ0) is 8.55. The first kappa shape index (κ1) is 7.00. The summed E-state index contributed by atoms with van der Waals surface area (Å²) in [5.41, 5.74) is 3.16. The summed E-state index contributed by atoms with van der Waals surface area (Å²) in [4.78, 5) is 3.18. The molecule has 0 spiro atoms. The zero-order valence-corrected chi connectivity index (χ0v) is 6.89. The van der Waals surface area contributed by atoms with Crippen LogP contribution < -0.4 is 0 Å². The summed E-state index contributed by atoms with van der Waals surface area (Å²) in [5.74, 6) is 2.63. The van der Waals surface area contributed by atoms with E-state index >= 15 is 0 Å². The van der Waals surface area contributed by atoms with Gasteiger partial charge in [0.2, 0.25) is 0 Å². The first-order chi connectivity index (χ1) is 5.83. The highest BCUT2D eigenvalue weighted by molar-refractivity contribution is 5.85. The molecule has 0 radical (unpaired) electrons. The summed E-state index contributed by atoms with van der Waals surface area (Å²) in [7, 11) is 0. The number of aryl methyl sites for hydroxylation is 1. The van der Waals surface area contributed by atoms with Gasteiger partial charge in [-0.2, -0.15) is 0 Å². The Morgan fingerprint density at radius 2 is 2.08 bits per heavy atom. The SMILES string of the molecule is C#Cc1[nH]c2ccccc2c1C. The number of rotatable bonds is 0. The minimum absolute atomic E-state index is 0.885. The number of hydrogen-bond acceptors (Lipinski definition) is 0. The van der Waals surface area contributed by atoms with Gasteiger partial charge in [-0.25, -0.2) is 0 Å². The molecule has 1 heterocycles. The van der Waals surface area contributed by atoms with Crippen molar-refractivity contribution in [1.29, 1.82) is 0 Å². The van der Waals surface area contributed by atoms with E-state index < -0.39 is 0 Å². The summed E-state index contributed by atoms with van der Waals surface area (Å²) >= 11 is 0. The van der Waals surface area contributed by atoms with Crippen LogP contribution in [0.3, 0.4) is 0 Å². The molecule has 12 heavy (non-hydrogen) atoms. The highest BCUT2D eigenvalue weighted by atomic mass is 14.7. The molecule has 0 bridgehead atoms. The predicted octanol–water partition coefficient (Wildman–Crippen LogP) is 2.46. The molecule has 0 amide bonds. The molecule has 0 aliphatic heterocycles. The summed E-state index contributed by atoms with van der Waals surface area (Å²) in [6.07, 6.45) is 5.33. The van der Waals surface area contributed by atoms with Crippen LogP contribution in [0.4, 0.5) is 0 Å². The second kappa shape index (κ2) is 2.42. The second-order valence-electron chi connectivity index (χ2n) is 2.81. The average Bonchev–Trinajstić information content (AvgIpc) is 2.44. The van der Waals surface area contributed by atoms with E-state index in [4.69, 9.17) is 6.42 Å². The van der Waals surface area contributed by atoms with E-state index in [1.165, 1.54) is 5.39 Å². The fourth-order valence-electron chi connectivity index (χ4n) is 1.43. The van der Waals surface area contributed by atoms with Crippen molar-refractivity contribution < 1.29 is 0 Å². The quantitative estimate of drug-likeness (QED) is 0.562. The van der Waals surface area contributed by atoms with Gasteiger partial charge in [0.05, 0.1) is 5.69 Å². The van der Waals surface area contributed by atoms with Crippen molar-refractivity contribution in [3.05, 3.63) is 35.5 Å². The van der Waals surface area contributed by atoms with Crippen LogP contribution in [-0.4, -0.2) is 4.98 Å². The summed E-state index contributed by atoms with van der Waals surface area (Å²) in [5, 5.41) is 1.21. The lowest BCUT2D eigenvalue weighted by Gasteiger charge is -1.87. The topological polar surface area (TPSA) is 15.8 Å². The average molecular weight is 155 g/mol. The molecule has 2 aromatic rings. The van der Waals surface area contributed by atoms with Crippen LogP contribution in [0.25, 0.3) is 10.9 Å². The van der Waals surface area contributed by atoms with Gasteiger partial charge < -0.3 is 4.98 Å². The zero-order valence-electron chi connectivity index (χ0n) is 6.89. The Hall–Kier alpha value is -1.68. The minimum atomic E-state index is 0.885. The highest BCUT2D eigenvalue weighted by Gasteiger charge is 2.02. The lowest BCUT2D eigenvalue weighted by molar-refractivity contribution is 1.37. The third-order valence-corrected chi connectivity index (χ3v) is 2.11. The molecule has 1 aromatic heterocycles. The third kappa shape index (κ3) is 0.820. The summed E-state index contributed by atoms with van der Waals surface area (Å²) in [6, 6.07) is 8.12. The van der Waals surface area contributed by atoms with Crippen LogP contribution >= 0.6 is 0 Å². The molecule has 2 rings (SSSR count). The number of hydrogen-bond donors (Lipinski definition) is 1. The number of aromatic amines is 1. The van der Waals surface area contributed by atoms with Gasteiger partial charge in [0.1, 0.15) is 0 Å². The smallest absolute Gasteiger partial charge is 0.0931 e. The van der Waals surface area contributed by atoms with Crippen LogP contribution in [0.2, 0.25) is 0 Å². The lowest BCUT2D eigenvalue weighted by Crippen LogP contribution is -1.73. The maximum absolute atomic E-state index is 5.33. The van der Waals surface area contributed by atoms with Crippen molar-refractivity contribution in [3.63, 3.8) is 0 Å². The monoisotopic (exact) mass is 155 g/mol. The molecule has 1 heteroatoms. The molecule has 1 aromatic carbocycles. The first-order valence-electron chi connectivity index (χ1n) is 3.87. The van der Waals surface area contributed by atoms with Crippen LogP contribution in [0.15, 0.2) is 24.3 Å². The Balaban J connectivity index is 2.90. The van der Waals surface area contributed by atoms with E-state index in [0.717, 1.165) is 16.8 Å². The van der Waals surface area contributed by atoms with Crippen molar-refractivity contribution in [2.24, 2.45) is 0 Å². The number of H-pyrrole nitrogens is 1. The molecule has 1 N–H and O–H groups in total. The van der Waals surface area contributed by atoms with Crippen molar-refractivity contribution in [2.75, 3.05) is 0 Å². The molecule has 1 nitrogen and oxygen atoms in total. The van der Waals surface area contributed by atoms with Crippen LogP contribution in [0.5, 0.6) is 0 Å². The Morgan fingerprint density at radius 3 is 2.75 bits per heavy atom. The van der Waals surface area contributed by atoms with Crippen LogP contribution in [0.1, 0.15) is 11.3 Å². The molecule has 0 aliphatic carbocycles. The second-order valence-corrected chi connectivity index (χ2v) is 2.81. The Bertz CT molecular complexity index is 457. The maximum atomic E-state index is 5.33. The Labute approximate surface area is 71.4 Å². The number of terminal acetylenes is 1. The van der Waals surface area contributed by atoms with Crippen LogP contribution in [0, 0.1) is 19.3 Å². The standard InChI is InChI=1S/C11H9N/c1-3-10-8(2)9-6-4-5-7-11(9)12-10/h1,4-7,12H,2H3. The summed E-state index contributed by atoms with van der Waals surface area (Å²) < 4.78 is 0. The number of benzene rings is 1. The Morgan fingerprint density at radius 1 is 1.33 bits per heavy atom. The number of para-hydroxylation sites is 1. The Kier molecular flexibility index (Phi) is 1.41. The van der Waals surface area contributed by atoms with Crippen molar-refractivity contribution in [1.82, 2.24) is 4.98 Å². The minimum Gasteiger partial charge on any atom is -0.348 e. The van der Waals surface area contributed by atoms with Gasteiger partial charge in [0.15, 0.2) is 0 Å². The highest BCUT2D eigenvalue weighted by Crippen LogP contribution is 2.19. The first-order valence-corrected chi connectivity index (χ1v) is 3.87. The normalized spacial score (nSPS) is 10.0. The third-order valence-electron chi connectivity index (χ3n) is 2.11. The molecule has 0 aliphatic rings. The molecular weight excluding hydrogens is 146 g/mol. The van der Waals surface area contributed by atoms with Gasteiger partial charge in [0.25, 0.3) is 0 Å². The van der Waals surface area contributed by atoms with Crippen molar-refractivity contribution >= 4 is 10.9 Å². The lowest BCUT2D eigenvalue weighted by atomic mass is 10.1. The number of nitrogens with one attached hydrogen (secondary N) is 1. The number of fused-ring (bicyclic) bond motifs is 1. The molecule has 0 atom stereocenters. The molecule has 58 valence electrons. The molecule has 0 saturated carbocycles. The largest absolute Gasteiger partial charge is 0.348 e. The van der Waals surface area contributed by atoms with Gasteiger partial charge in [-0.15, -0.1) is 6.42 Å². The molecule has 0 unspecified atom stereocenters. The van der Waals surface area contributed by atoms with E-state index in [1.807, 2.05) is 25.1 Å². The molecular formula is C11H9N. The van der Waals surface area contributed by atoms with E-state index in [1.54, 1.807) is 0 Å². The van der Waals surface area contributed by atoms with E-state index in [9.17, 15) is 0 Å². The van der Waals surface area contributed by atoms with Gasteiger partial charge in [-0.3, -0.25) is 0 Å². The molecule has 0 saturated heterocycles. The predicted molar refractivity (Wildman–Crippen MR) is 51.0 cm³/mol. The van der Waals surface area contributed by atoms with E-state index in [0.29, 0.717) is 0 Å². The van der Waals surface area contributed by atoms with Gasteiger partial charge in [-0.1, -0.05) is 24.1 Å². The maximum Gasteiger partial charge on any atom is 0.0931 e. The van der Waals surface area contributed by atoms with Crippen molar-refractivity contribution in [2.45, 2.75) is 6.92 Å².